The second-order valence-corrected chi connectivity index (χ2v) is 5.38. The van der Waals surface area contributed by atoms with Crippen molar-refractivity contribution in [3.8, 4) is 5.75 Å². The Bertz CT molecular complexity index is 722. The molecule has 4 nitrogen and oxygen atoms in total. The summed E-state index contributed by atoms with van der Waals surface area (Å²) in [6, 6.07) is 8.01. The molecule has 0 aliphatic heterocycles. The summed E-state index contributed by atoms with van der Waals surface area (Å²) in [6.45, 7) is 2.81. The maximum atomic E-state index is 5.16. The number of anilines is 1. The van der Waals surface area contributed by atoms with Crippen molar-refractivity contribution >= 4 is 27.4 Å². The highest BCUT2D eigenvalue weighted by Crippen LogP contribution is 2.28. The molecule has 0 saturated carbocycles. The van der Waals surface area contributed by atoms with E-state index in [0.29, 0.717) is 0 Å². The quantitative estimate of drug-likeness (QED) is 0.795. The molecule has 0 bridgehead atoms. The number of hydrogen-bond acceptors (Lipinski definition) is 5. The molecule has 2 heterocycles. The molecular weight excluding hydrogens is 270 g/mol. The van der Waals surface area contributed by atoms with Gasteiger partial charge in [0.05, 0.1) is 12.5 Å². The Morgan fingerprint density at radius 1 is 1.20 bits per heavy atom. The molecule has 0 atom stereocenters. The largest absolute Gasteiger partial charge is 0.497 e. The first kappa shape index (κ1) is 12.9. The summed E-state index contributed by atoms with van der Waals surface area (Å²) in [7, 11) is 1.67. The topological polar surface area (TPSA) is 47.0 Å². The van der Waals surface area contributed by atoms with Crippen LogP contribution in [0.2, 0.25) is 0 Å². The maximum absolute atomic E-state index is 5.16. The Balaban J connectivity index is 1.81. The first-order chi connectivity index (χ1) is 9.78. The van der Waals surface area contributed by atoms with E-state index in [9.17, 15) is 0 Å². The lowest BCUT2D eigenvalue weighted by Crippen LogP contribution is -2.02. The molecule has 0 amide bonds. The molecule has 0 radical (unpaired) electrons. The summed E-state index contributed by atoms with van der Waals surface area (Å²) in [6.07, 6.45) is 1.61. The van der Waals surface area contributed by atoms with Crippen LogP contribution >= 0.6 is 11.3 Å². The second-order valence-electron chi connectivity index (χ2n) is 4.52. The zero-order valence-corrected chi connectivity index (χ0v) is 12.2. The van der Waals surface area contributed by atoms with E-state index in [1.165, 1.54) is 11.1 Å². The molecule has 0 saturated heterocycles. The third-order valence-electron chi connectivity index (χ3n) is 3.17. The molecule has 3 aromatic rings. The van der Waals surface area contributed by atoms with Gasteiger partial charge in [-0.2, -0.15) is 0 Å². The molecule has 2 aromatic heterocycles. The Morgan fingerprint density at radius 3 is 2.75 bits per heavy atom. The summed E-state index contributed by atoms with van der Waals surface area (Å²) in [5.74, 6) is 1.76. The van der Waals surface area contributed by atoms with Crippen LogP contribution in [0.15, 0.2) is 36.0 Å². The van der Waals surface area contributed by atoms with Gasteiger partial charge in [-0.05, 0) is 35.6 Å². The number of fused-ring (bicyclic) bond motifs is 1. The number of benzene rings is 1. The molecule has 1 aromatic carbocycles. The zero-order valence-electron chi connectivity index (χ0n) is 11.4. The van der Waals surface area contributed by atoms with Crippen LogP contribution in [0.4, 0.5) is 5.82 Å². The fraction of sp³-hybridized carbons (Fsp3) is 0.200. The summed E-state index contributed by atoms with van der Waals surface area (Å²) < 4.78 is 5.16. The number of nitrogens with one attached hydrogen (secondary N) is 1. The SMILES string of the molecule is COc1ccc(CNc2ncnc3scc(C)c23)cc1. The predicted octanol–water partition coefficient (Wildman–Crippen LogP) is 3.62. The third-order valence-corrected chi connectivity index (χ3v) is 4.18. The van der Waals surface area contributed by atoms with Crippen LogP contribution in [0, 0.1) is 6.92 Å². The number of aromatic nitrogens is 2. The molecule has 0 aliphatic rings. The van der Waals surface area contributed by atoms with Crippen LogP contribution in [0.25, 0.3) is 10.2 Å². The molecule has 20 heavy (non-hydrogen) atoms. The molecule has 3 rings (SSSR count). The molecule has 102 valence electrons. The van der Waals surface area contributed by atoms with E-state index < -0.39 is 0 Å². The van der Waals surface area contributed by atoms with Crippen LogP contribution in [-0.4, -0.2) is 17.1 Å². The Labute approximate surface area is 121 Å². The minimum Gasteiger partial charge on any atom is -0.497 e. The van der Waals surface area contributed by atoms with E-state index in [1.54, 1.807) is 24.8 Å². The highest BCUT2D eigenvalue weighted by atomic mass is 32.1. The summed E-state index contributed by atoms with van der Waals surface area (Å²) >= 11 is 1.65. The minimum atomic E-state index is 0.728. The van der Waals surface area contributed by atoms with Gasteiger partial charge in [0.25, 0.3) is 0 Å². The van der Waals surface area contributed by atoms with Crippen LogP contribution in [0.3, 0.4) is 0 Å². The highest BCUT2D eigenvalue weighted by molar-refractivity contribution is 7.17. The molecule has 5 heteroatoms. The molecule has 0 aliphatic carbocycles. The minimum absolute atomic E-state index is 0.728. The average Bonchev–Trinajstić information content (AvgIpc) is 2.88. The van der Waals surface area contributed by atoms with E-state index in [1.807, 2.05) is 24.3 Å². The van der Waals surface area contributed by atoms with Crippen LogP contribution in [-0.2, 0) is 6.54 Å². The lowest BCUT2D eigenvalue weighted by atomic mass is 10.2. The summed E-state index contributed by atoms with van der Waals surface area (Å²) in [4.78, 5) is 9.66. The summed E-state index contributed by atoms with van der Waals surface area (Å²) in [5, 5.41) is 6.61. The van der Waals surface area contributed by atoms with Gasteiger partial charge in [-0.15, -0.1) is 11.3 Å². The number of hydrogen-bond donors (Lipinski definition) is 1. The van der Waals surface area contributed by atoms with E-state index in [4.69, 9.17) is 4.74 Å². The Kier molecular flexibility index (Phi) is 3.52. The third kappa shape index (κ3) is 2.44. The normalized spacial score (nSPS) is 10.7. The number of rotatable bonds is 4. The fourth-order valence-corrected chi connectivity index (χ4v) is 2.97. The maximum Gasteiger partial charge on any atom is 0.138 e. The van der Waals surface area contributed by atoms with Crippen LogP contribution in [0.5, 0.6) is 5.75 Å². The van der Waals surface area contributed by atoms with Gasteiger partial charge in [0, 0.05) is 6.54 Å². The first-order valence-electron chi connectivity index (χ1n) is 6.33. The van der Waals surface area contributed by atoms with Gasteiger partial charge < -0.3 is 10.1 Å². The number of methoxy groups -OCH3 is 1. The van der Waals surface area contributed by atoms with Crippen molar-refractivity contribution in [2.24, 2.45) is 0 Å². The number of aryl methyl sites for hydroxylation is 1. The average molecular weight is 285 g/mol. The smallest absolute Gasteiger partial charge is 0.138 e. The predicted molar refractivity (Wildman–Crippen MR) is 82.5 cm³/mol. The first-order valence-corrected chi connectivity index (χ1v) is 7.21. The van der Waals surface area contributed by atoms with E-state index >= 15 is 0 Å². The van der Waals surface area contributed by atoms with Crippen LogP contribution in [0.1, 0.15) is 11.1 Å². The molecule has 0 spiro atoms. The van der Waals surface area contributed by atoms with E-state index in [2.05, 4.69) is 27.6 Å². The van der Waals surface area contributed by atoms with Crippen molar-refractivity contribution < 1.29 is 4.74 Å². The van der Waals surface area contributed by atoms with Gasteiger partial charge in [0.15, 0.2) is 0 Å². The number of ether oxygens (including phenoxy) is 1. The fourth-order valence-electron chi connectivity index (χ4n) is 2.08. The van der Waals surface area contributed by atoms with Crippen molar-refractivity contribution in [1.29, 1.82) is 0 Å². The molecule has 0 unspecified atom stereocenters. The van der Waals surface area contributed by atoms with Gasteiger partial charge in [-0.25, -0.2) is 9.97 Å². The molecule has 0 fully saturated rings. The second kappa shape index (κ2) is 5.46. The van der Waals surface area contributed by atoms with Crippen molar-refractivity contribution in [3.63, 3.8) is 0 Å². The monoisotopic (exact) mass is 285 g/mol. The van der Waals surface area contributed by atoms with Crippen molar-refractivity contribution in [2.75, 3.05) is 12.4 Å². The highest BCUT2D eigenvalue weighted by Gasteiger charge is 2.08. The number of thiophene rings is 1. The number of nitrogens with zero attached hydrogens (tertiary/aromatic N) is 2. The van der Waals surface area contributed by atoms with Crippen molar-refractivity contribution in [3.05, 3.63) is 47.1 Å². The molecule has 1 N–H and O–H groups in total. The van der Waals surface area contributed by atoms with Gasteiger partial charge in [0.2, 0.25) is 0 Å². The van der Waals surface area contributed by atoms with Crippen molar-refractivity contribution in [2.45, 2.75) is 13.5 Å². The van der Waals surface area contributed by atoms with Crippen LogP contribution < -0.4 is 10.1 Å². The molecular formula is C15H15N3OS. The lowest BCUT2D eigenvalue weighted by Gasteiger charge is -2.08. The van der Waals surface area contributed by atoms with E-state index in [-0.39, 0.29) is 0 Å². The van der Waals surface area contributed by atoms with E-state index in [0.717, 1.165) is 28.3 Å². The Morgan fingerprint density at radius 2 is 2.00 bits per heavy atom. The van der Waals surface area contributed by atoms with Crippen molar-refractivity contribution in [1.82, 2.24) is 9.97 Å². The van der Waals surface area contributed by atoms with Gasteiger partial charge >= 0.3 is 0 Å². The Hall–Kier alpha value is -2.14. The standard InChI is InChI=1S/C15H15N3OS/c1-10-8-20-15-13(10)14(17-9-18-15)16-7-11-3-5-12(19-2)6-4-11/h3-6,8-9H,7H2,1-2H3,(H,16,17,18). The van der Waals surface area contributed by atoms with Gasteiger partial charge in [0.1, 0.15) is 22.7 Å². The summed E-state index contributed by atoms with van der Waals surface area (Å²) in [5.41, 5.74) is 2.40. The van der Waals surface area contributed by atoms with Gasteiger partial charge in [-0.1, -0.05) is 12.1 Å². The lowest BCUT2D eigenvalue weighted by molar-refractivity contribution is 0.414. The van der Waals surface area contributed by atoms with Gasteiger partial charge in [-0.3, -0.25) is 0 Å². The zero-order chi connectivity index (χ0) is 13.9.